The summed E-state index contributed by atoms with van der Waals surface area (Å²) in [4.78, 5) is 4.44. The minimum Gasteiger partial charge on any atom is -0.369 e. The molecule has 0 amide bonds. The lowest BCUT2D eigenvalue weighted by atomic mass is 9.97. The van der Waals surface area contributed by atoms with Crippen molar-refractivity contribution in [1.29, 1.82) is 0 Å². The van der Waals surface area contributed by atoms with Crippen LogP contribution in [0.1, 0.15) is 32.1 Å². The third-order valence-electron chi connectivity index (χ3n) is 3.50. The zero-order chi connectivity index (χ0) is 12.2. The molecule has 3 heteroatoms. The Bertz CT molecular complexity index is 556. The monoisotopic (exact) mass is 258 g/mol. The van der Waals surface area contributed by atoms with Crippen molar-refractivity contribution in [3.8, 4) is 0 Å². The van der Waals surface area contributed by atoms with Crippen LogP contribution in [0.2, 0.25) is 0 Å². The van der Waals surface area contributed by atoms with Crippen LogP contribution in [-0.2, 0) is 0 Å². The maximum Gasteiger partial charge on any atom is 0.134 e. The van der Waals surface area contributed by atoms with Crippen LogP contribution in [-0.4, -0.2) is 11.5 Å². The van der Waals surface area contributed by atoms with Gasteiger partial charge >= 0.3 is 0 Å². The van der Waals surface area contributed by atoms with E-state index in [0.717, 1.165) is 18.8 Å². The van der Waals surface area contributed by atoms with E-state index in [4.69, 9.17) is 0 Å². The number of hydrogen-bond acceptors (Lipinski definition) is 3. The van der Waals surface area contributed by atoms with Crippen molar-refractivity contribution in [2.24, 2.45) is 0 Å². The molecule has 0 saturated carbocycles. The second-order valence-electron chi connectivity index (χ2n) is 4.78. The molecule has 0 aromatic carbocycles. The average molecular weight is 258 g/mol. The molecular weight excluding hydrogens is 240 g/mol. The Morgan fingerprint density at radius 1 is 1.28 bits per heavy atom. The Hall–Kier alpha value is -1.35. The van der Waals surface area contributed by atoms with E-state index in [9.17, 15) is 0 Å². The minimum atomic E-state index is 0.994. The van der Waals surface area contributed by atoms with E-state index in [1.165, 1.54) is 35.8 Å². The van der Waals surface area contributed by atoms with Gasteiger partial charge in [-0.25, -0.2) is 4.98 Å². The zero-order valence-electron chi connectivity index (χ0n) is 10.5. The van der Waals surface area contributed by atoms with E-state index >= 15 is 0 Å². The van der Waals surface area contributed by atoms with Gasteiger partial charge in [-0.15, -0.1) is 11.3 Å². The molecule has 2 aromatic rings. The first kappa shape index (κ1) is 11.7. The summed E-state index contributed by atoms with van der Waals surface area (Å²) in [6.07, 6.45) is 10.8. The Balaban J connectivity index is 1.62. The highest BCUT2D eigenvalue weighted by atomic mass is 32.1. The van der Waals surface area contributed by atoms with Crippen molar-refractivity contribution in [2.45, 2.75) is 32.1 Å². The molecular formula is C15H18N2S. The van der Waals surface area contributed by atoms with Gasteiger partial charge in [-0.2, -0.15) is 0 Å². The third kappa shape index (κ3) is 2.56. The predicted molar refractivity (Wildman–Crippen MR) is 79.3 cm³/mol. The van der Waals surface area contributed by atoms with Crippen LogP contribution in [0, 0.1) is 0 Å². The van der Waals surface area contributed by atoms with Crippen molar-refractivity contribution >= 4 is 27.2 Å². The van der Waals surface area contributed by atoms with E-state index < -0.39 is 0 Å². The summed E-state index contributed by atoms with van der Waals surface area (Å²) in [5.74, 6) is 1.03. The number of nitrogens with one attached hydrogen (secondary N) is 1. The molecule has 2 nitrogen and oxygen atoms in total. The number of thiophene rings is 1. The first-order valence-electron chi connectivity index (χ1n) is 6.67. The van der Waals surface area contributed by atoms with Crippen molar-refractivity contribution in [3.05, 3.63) is 35.4 Å². The zero-order valence-corrected chi connectivity index (χ0v) is 11.3. The van der Waals surface area contributed by atoms with Crippen LogP contribution in [0.15, 0.2) is 35.4 Å². The molecule has 0 atom stereocenters. The first-order chi connectivity index (χ1) is 8.93. The highest BCUT2D eigenvalue weighted by molar-refractivity contribution is 7.17. The summed E-state index contributed by atoms with van der Waals surface area (Å²) in [6, 6.07) is 4.23. The molecule has 0 aliphatic heterocycles. The molecule has 0 unspecified atom stereocenters. The lowest BCUT2D eigenvalue weighted by Crippen LogP contribution is -2.05. The van der Waals surface area contributed by atoms with Crippen LogP contribution < -0.4 is 5.32 Å². The average Bonchev–Trinajstić information content (AvgIpc) is 2.89. The number of rotatable bonds is 4. The maximum atomic E-state index is 4.44. The summed E-state index contributed by atoms with van der Waals surface area (Å²) in [5, 5.41) is 6.85. The fraction of sp³-hybridized carbons (Fsp3) is 0.400. The first-order valence-corrected chi connectivity index (χ1v) is 7.55. The predicted octanol–water partition coefficient (Wildman–Crippen LogP) is 4.60. The number of allylic oxidation sites excluding steroid dienone is 1. The van der Waals surface area contributed by atoms with Gasteiger partial charge in [0.25, 0.3) is 0 Å². The van der Waals surface area contributed by atoms with Gasteiger partial charge < -0.3 is 5.32 Å². The highest BCUT2D eigenvalue weighted by Gasteiger charge is 2.05. The van der Waals surface area contributed by atoms with Crippen molar-refractivity contribution < 1.29 is 0 Å². The normalized spacial score (nSPS) is 15.7. The molecule has 0 bridgehead atoms. The van der Waals surface area contributed by atoms with Crippen molar-refractivity contribution in [1.82, 2.24) is 4.98 Å². The second kappa shape index (κ2) is 5.53. The van der Waals surface area contributed by atoms with Crippen LogP contribution in [0.5, 0.6) is 0 Å². The number of hydrogen-bond donors (Lipinski definition) is 1. The molecule has 0 spiro atoms. The lowest BCUT2D eigenvalue weighted by Gasteiger charge is -2.13. The topological polar surface area (TPSA) is 24.9 Å². The number of anilines is 1. The van der Waals surface area contributed by atoms with Crippen LogP contribution >= 0.6 is 11.3 Å². The Kier molecular flexibility index (Phi) is 3.60. The maximum absolute atomic E-state index is 4.44. The van der Waals surface area contributed by atoms with Gasteiger partial charge in [0.15, 0.2) is 0 Å². The SMILES string of the molecule is C1=C(CCNc2nccc3sccc23)CCCC1. The number of fused-ring (bicyclic) bond motifs is 1. The quantitative estimate of drug-likeness (QED) is 0.811. The summed E-state index contributed by atoms with van der Waals surface area (Å²) in [7, 11) is 0. The Morgan fingerprint density at radius 2 is 2.28 bits per heavy atom. The smallest absolute Gasteiger partial charge is 0.134 e. The highest BCUT2D eigenvalue weighted by Crippen LogP contribution is 2.26. The Morgan fingerprint density at radius 3 is 3.17 bits per heavy atom. The summed E-state index contributed by atoms with van der Waals surface area (Å²) in [5.41, 5.74) is 1.62. The standard InChI is InChI=1S/C15H18N2S/c1-2-4-12(5-3-1)6-9-16-15-13-8-11-18-14(13)7-10-17-15/h4,7-8,10-11H,1-3,5-6,9H2,(H,16,17). The van der Waals surface area contributed by atoms with E-state index in [2.05, 4.69) is 33.9 Å². The van der Waals surface area contributed by atoms with E-state index in [1.807, 2.05) is 6.20 Å². The molecule has 2 heterocycles. The number of nitrogens with zero attached hydrogens (tertiary/aromatic N) is 1. The molecule has 0 saturated heterocycles. The number of aromatic nitrogens is 1. The largest absolute Gasteiger partial charge is 0.369 e. The third-order valence-corrected chi connectivity index (χ3v) is 4.39. The second-order valence-corrected chi connectivity index (χ2v) is 5.72. The fourth-order valence-electron chi connectivity index (χ4n) is 2.51. The van der Waals surface area contributed by atoms with Gasteiger partial charge in [0.1, 0.15) is 5.82 Å². The summed E-state index contributed by atoms with van der Waals surface area (Å²) >= 11 is 1.77. The molecule has 0 fully saturated rings. The van der Waals surface area contributed by atoms with E-state index in [-0.39, 0.29) is 0 Å². The molecule has 2 aromatic heterocycles. The molecule has 0 radical (unpaired) electrons. The van der Waals surface area contributed by atoms with Gasteiger partial charge in [0.2, 0.25) is 0 Å². The van der Waals surface area contributed by atoms with Crippen LogP contribution in [0.3, 0.4) is 0 Å². The summed E-state index contributed by atoms with van der Waals surface area (Å²) in [6.45, 7) is 0.994. The minimum absolute atomic E-state index is 0.994. The van der Waals surface area contributed by atoms with Gasteiger partial charge in [-0.05, 0) is 49.6 Å². The van der Waals surface area contributed by atoms with Crippen molar-refractivity contribution in [3.63, 3.8) is 0 Å². The molecule has 1 aliphatic rings. The van der Waals surface area contributed by atoms with E-state index in [1.54, 1.807) is 16.9 Å². The van der Waals surface area contributed by atoms with Gasteiger partial charge in [-0.1, -0.05) is 11.6 Å². The van der Waals surface area contributed by atoms with Crippen LogP contribution in [0.4, 0.5) is 5.82 Å². The van der Waals surface area contributed by atoms with Crippen molar-refractivity contribution in [2.75, 3.05) is 11.9 Å². The number of pyridine rings is 1. The molecule has 3 rings (SSSR count). The Labute approximate surface area is 112 Å². The van der Waals surface area contributed by atoms with E-state index in [0.29, 0.717) is 0 Å². The van der Waals surface area contributed by atoms with Gasteiger partial charge in [-0.3, -0.25) is 0 Å². The van der Waals surface area contributed by atoms with Crippen LogP contribution in [0.25, 0.3) is 10.1 Å². The van der Waals surface area contributed by atoms with Gasteiger partial charge in [0.05, 0.1) is 0 Å². The molecule has 94 valence electrons. The summed E-state index contributed by atoms with van der Waals surface area (Å²) < 4.78 is 1.31. The molecule has 1 N–H and O–H groups in total. The van der Waals surface area contributed by atoms with Gasteiger partial charge in [0, 0.05) is 22.8 Å². The lowest BCUT2D eigenvalue weighted by molar-refractivity contribution is 0.679. The molecule has 18 heavy (non-hydrogen) atoms. The fourth-order valence-corrected chi connectivity index (χ4v) is 3.29. The molecule has 1 aliphatic carbocycles.